The molecular formula is C30H46O5. The summed E-state index contributed by atoms with van der Waals surface area (Å²) in [7, 11) is 0. The van der Waals surface area contributed by atoms with Crippen LogP contribution in [0.1, 0.15) is 99.8 Å². The van der Waals surface area contributed by atoms with Gasteiger partial charge in [-0.2, -0.15) is 0 Å². The van der Waals surface area contributed by atoms with E-state index in [9.17, 15) is 24.9 Å². The van der Waals surface area contributed by atoms with Crippen LogP contribution in [0.3, 0.4) is 0 Å². The highest BCUT2D eigenvalue weighted by Gasteiger charge is 2.71. The second kappa shape index (κ2) is 7.22. The van der Waals surface area contributed by atoms with E-state index in [-0.39, 0.29) is 39.8 Å². The van der Waals surface area contributed by atoms with Crippen molar-refractivity contribution >= 4 is 11.8 Å². The fraction of sp³-hybridized carbons (Fsp3) is 0.867. The van der Waals surface area contributed by atoms with E-state index in [1.807, 2.05) is 20.8 Å². The summed E-state index contributed by atoms with van der Waals surface area (Å²) in [5, 5.41) is 32.7. The predicted octanol–water partition coefficient (Wildman–Crippen LogP) is 5.38. The number of hydrogen-bond acceptors (Lipinski definition) is 4. The Bertz CT molecular complexity index is 995. The summed E-state index contributed by atoms with van der Waals surface area (Å²) in [5.41, 5.74) is -1.31. The largest absolute Gasteiger partial charge is 0.481 e. The van der Waals surface area contributed by atoms with Gasteiger partial charge in [0.25, 0.3) is 0 Å². The molecule has 0 saturated heterocycles. The molecule has 2 unspecified atom stereocenters. The number of carboxylic acid groups (broad SMARTS) is 1. The number of aliphatic carboxylic acids is 1. The summed E-state index contributed by atoms with van der Waals surface area (Å²) in [6.07, 6.45) is 7.34. The number of aliphatic hydroxyl groups is 2. The molecule has 196 valence electrons. The van der Waals surface area contributed by atoms with Gasteiger partial charge in [0.15, 0.2) is 5.78 Å². The van der Waals surface area contributed by atoms with Crippen LogP contribution in [0.4, 0.5) is 0 Å². The molecule has 5 heteroatoms. The Morgan fingerprint density at radius 1 is 0.971 bits per heavy atom. The average Bonchev–Trinajstić information content (AvgIpc) is 2.75. The van der Waals surface area contributed by atoms with Gasteiger partial charge in [-0.25, -0.2) is 0 Å². The van der Waals surface area contributed by atoms with Crippen LogP contribution in [-0.2, 0) is 9.59 Å². The molecule has 0 heterocycles. The Kier molecular flexibility index (Phi) is 5.25. The third-order valence-electron chi connectivity index (χ3n) is 13.2. The zero-order chi connectivity index (χ0) is 26.0. The summed E-state index contributed by atoms with van der Waals surface area (Å²) < 4.78 is 0. The number of aliphatic hydroxyl groups excluding tert-OH is 1. The van der Waals surface area contributed by atoms with Gasteiger partial charge in [-0.3, -0.25) is 9.59 Å². The molecule has 0 aliphatic heterocycles. The molecular weight excluding hydrogens is 440 g/mol. The molecule has 0 aromatic rings. The van der Waals surface area contributed by atoms with E-state index in [4.69, 9.17) is 0 Å². The molecule has 5 aliphatic rings. The van der Waals surface area contributed by atoms with Crippen molar-refractivity contribution in [2.75, 3.05) is 0 Å². The molecule has 4 fully saturated rings. The zero-order valence-corrected chi connectivity index (χ0v) is 22.8. The lowest BCUT2D eigenvalue weighted by Crippen LogP contribution is -2.67. The number of rotatable bonds is 1. The highest BCUT2D eigenvalue weighted by molar-refractivity contribution is 5.89. The lowest BCUT2D eigenvalue weighted by molar-refractivity contribution is -0.206. The molecule has 5 rings (SSSR count). The molecule has 0 spiro atoms. The molecule has 4 saturated carbocycles. The van der Waals surface area contributed by atoms with Crippen LogP contribution < -0.4 is 0 Å². The van der Waals surface area contributed by atoms with Crippen LogP contribution in [0.25, 0.3) is 0 Å². The first kappa shape index (κ1) is 25.4. The third-order valence-corrected chi connectivity index (χ3v) is 13.2. The molecule has 5 aliphatic carbocycles. The summed E-state index contributed by atoms with van der Waals surface area (Å²) in [5.74, 6) is -0.450. The first-order valence-electron chi connectivity index (χ1n) is 13.9. The van der Waals surface area contributed by atoms with Gasteiger partial charge in [-0.1, -0.05) is 53.2 Å². The topological polar surface area (TPSA) is 94.8 Å². The number of fused-ring (bicyclic) bond motifs is 7. The fourth-order valence-electron chi connectivity index (χ4n) is 10.8. The normalized spacial score (nSPS) is 55.1. The minimum atomic E-state index is -0.911. The van der Waals surface area contributed by atoms with Gasteiger partial charge < -0.3 is 15.3 Å². The van der Waals surface area contributed by atoms with Crippen molar-refractivity contribution in [3.8, 4) is 0 Å². The Balaban J connectivity index is 1.64. The fourth-order valence-corrected chi connectivity index (χ4v) is 10.8. The number of ketones is 1. The number of carbonyl (C=O) groups excluding carboxylic acids is 1. The standard InChI is InChI=1S/C30H46O5/c1-17-22-18-8-9-21-26(4)16-19(31)23(32)25(2,3)20(26)10-11-28(21,6)27(18,5)12-14-30(22,24(33)34)15-13-29(17,7)35/h8,17,19-22,31,35H,9-16H2,1-7H3,(H,33,34)/t17-,19?,20?,21-,22+,26+,27-,28-,29+,30-/m1/s1. The molecule has 0 aromatic carbocycles. The van der Waals surface area contributed by atoms with E-state index >= 15 is 0 Å². The van der Waals surface area contributed by atoms with Crippen molar-refractivity contribution in [2.45, 2.75) is 112 Å². The smallest absolute Gasteiger partial charge is 0.310 e. The Morgan fingerprint density at radius 3 is 2.23 bits per heavy atom. The molecule has 10 atom stereocenters. The molecule has 3 N–H and O–H groups in total. The van der Waals surface area contributed by atoms with Gasteiger partial charge in [0, 0.05) is 11.3 Å². The van der Waals surface area contributed by atoms with Gasteiger partial charge in [0.05, 0.1) is 11.0 Å². The highest BCUT2D eigenvalue weighted by Crippen LogP contribution is 2.75. The van der Waals surface area contributed by atoms with E-state index in [0.717, 1.165) is 25.7 Å². The van der Waals surface area contributed by atoms with Gasteiger partial charge in [-0.05, 0) is 92.3 Å². The zero-order valence-electron chi connectivity index (χ0n) is 22.8. The second-order valence-corrected chi connectivity index (χ2v) is 14.7. The van der Waals surface area contributed by atoms with Crippen LogP contribution in [-0.4, -0.2) is 38.8 Å². The Morgan fingerprint density at radius 2 is 1.60 bits per heavy atom. The third kappa shape index (κ3) is 2.89. The number of allylic oxidation sites excluding steroid dienone is 2. The monoisotopic (exact) mass is 486 g/mol. The maximum atomic E-state index is 13.0. The van der Waals surface area contributed by atoms with E-state index in [2.05, 4.69) is 33.8 Å². The van der Waals surface area contributed by atoms with Crippen molar-refractivity contribution < 1.29 is 24.9 Å². The van der Waals surface area contributed by atoms with E-state index in [1.54, 1.807) is 0 Å². The van der Waals surface area contributed by atoms with Crippen LogP contribution in [0, 0.1) is 50.7 Å². The minimum absolute atomic E-state index is 0.0102. The van der Waals surface area contributed by atoms with Crippen molar-refractivity contribution in [3.63, 3.8) is 0 Å². The number of hydrogen-bond donors (Lipinski definition) is 3. The maximum Gasteiger partial charge on any atom is 0.310 e. The summed E-state index contributed by atoms with van der Waals surface area (Å²) in [6.45, 7) is 15.1. The maximum absolute atomic E-state index is 13.0. The SMILES string of the molecule is C[C@@H]1[C@H]2C3=CC[C@@H]4[C@@]5(C)CC(O)C(=O)C(C)(C)C5CC[C@@]4(C)[C@]3(C)CC[C@@]2(C(=O)O)CC[C@]1(C)O. The van der Waals surface area contributed by atoms with E-state index < -0.39 is 28.5 Å². The first-order valence-corrected chi connectivity index (χ1v) is 13.9. The molecule has 0 bridgehead atoms. The predicted molar refractivity (Wildman–Crippen MR) is 134 cm³/mol. The van der Waals surface area contributed by atoms with Crippen LogP contribution in [0.15, 0.2) is 11.6 Å². The van der Waals surface area contributed by atoms with Gasteiger partial charge in [0.1, 0.15) is 6.10 Å². The van der Waals surface area contributed by atoms with Crippen LogP contribution in [0.2, 0.25) is 0 Å². The van der Waals surface area contributed by atoms with Crippen molar-refractivity contribution in [1.82, 2.24) is 0 Å². The lowest BCUT2D eigenvalue weighted by Gasteiger charge is -2.71. The molecule has 5 nitrogen and oxygen atoms in total. The highest BCUT2D eigenvalue weighted by atomic mass is 16.4. The van der Waals surface area contributed by atoms with Gasteiger partial charge >= 0.3 is 5.97 Å². The van der Waals surface area contributed by atoms with Crippen LogP contribution >= 0.6 is 0 Å². The van der Waals surface area contributed by atoms with Crippen LogP contribution in [0.5, 0.6) is 0 Å². The number of Topliss-reactive ketones (excluding diaryl/α,β-unsaturated/α-hetero) is 1. The second-order valence-electron chi connectivity index (χ2n) is 14.7. The molecule has 0 radical (unpaired) electrons. The Labute approximate surface area is 210 Å². The Hall–Kier alpha value is -1.20. The van der Waals surface area contributed by atoms with Gasteiger partial charge in [0.2, 0.25) is 0 Å². The summed E-state index contributed by atoms with van der Waals surface area (Å²) in [6, 6.07) is 0. The quantitative estimate of drug-likeness (QED) is 0.432. The molecule has 35 heavy (non-hydrogen) atoms. The van der Waals surface area contributed by atoms with E-state index in [0.29, 0.717) is 31.6 Å². The minimum Gasteiger partial charge on any atom is -0.481 e. The number of carboxylic acids is 1. The first-order chi connectivity index (χ1) is 16.0. The van der Waals surface area contributed by atoms with E-state index in [1.165, 1.54) is 5.57 Å². The van der Waals surface area contributed by atoms with Gasteiger partial charge in [-0.15, -0.1) is 0 Å². The number of carbonyl (C=O) groups is 2. The molecule has 0 amide bonds. The van der Waals surface area contributed by atoms with Crippen molar-refractivity contribution in [3.05, 3.63) is 11.6 Å². The average molecular weight is 487 g/mol. The lowest BCUT2D eigenvalue weighted by atomic mass is 9.33. The summed E-state index contributed by atoms with van der Waals surface area (Å²) >= 11 is 0. The summed E-state index contributed by atoms with van der Waals surface area (Å²) in [4.78, 5) is 25.8. The van der Waals surface area contributed by atoms with Crippen molar-refractivity contribution in [2.24, 2.45) is 50.7 Å². The van der Waals surface area contributed by atoms with Crippen molar-refractivity contribution in [1.29, 1.82) is 0 Å². The molecule has 0 aromatic heterocycles.